The Balaban J connectivity index is 1.75. The van der Waals surface area contributed by atoms with Crippen molar-refractivity contribution in [3.05, 3.63) is 56.5 Å². The van der Waals surface area contributed by atoms with Crippen molar-refractivity contribution < 1.29 is 22.4 Å². The Kier molecular flexibility index (Phi) is 6.08. The van der Waals surface area contributed by atoms with Crippen molar-refractivity contribution in [1.82, 2.24) is 9.80 Å². The molecular weight excluding hydrogens is 404 g/mol. The van der Waals surface area contributed by atoms with Gasteiger partial charge in [0.2, 0.25) is 0 Å². The van der Waals surface area contributed by atoms with Gasteiger partial charge in [-0.05, 0) is 40.9 Å². The number of hydrogen-bond donors (Lipinski definition) is 0. The van der Waals surface area contributed by atoms with E-state index in [0.29, 0.717) is 38.2 Å². The second kappa shape index (κ2) is 8.16. The molecule has 1 saturated heterocycles. The Morgan fingerprint density at radius 2 is 1.96 bits per heavy atom. The summed E-state index contributed by atoms with van der Waals surface area (Å²) >= 11 is 7.20. The Labute approximate surface area is 163 Å². The van der Waals surface area contributed by atoms with Gasteiger partial charge in [0.25, 0.3) is 5.91 Å². The van der Waals surface area contributed by atoms with Crippen molar-refractivity contribution in [3.8, 4) is 0 Å². The van der Waals surface area contributed by atoms with Gasteiger partial charge in [-0.1, -0.05) is 11.6 Å². The molecule has 0 unspecified atom stereocenters. The van der Waals surface area contributed by atoms with E-state index in [1.54, 1.807) is 11.3 Å². The van der Waals surface area contributed by atoms with Crippen LogP contribution in [0.5, 0.6) is 0 Å². The van der Waals surface area contributed by atoms with Gasteiger partial charge in [-0.2, -0.15) is 24.5 Å². The van der Waals surface area contributed by atoms with E-state index in [9.17, 15) is 22.4 Å². The van der Waals surface area contributed by atoms with Crippen LogP contribution in [-0.2, 0) is 12.7 Å². The summed E-state index contributed by atoms with van der Waals surface area (Å²) in [4.78, 5) is 16.2. The summed E-state index contributed by atoms with van der Waals surface area (Å²) in [7, 11) is 0. The maximum atomic E-state index is 14.2. The molecular formula is C18H17ClF4N2OS. The zero-order chi connectivity index (χ0) is 19.6. The van der Waals surface area contributed by atoms with Crippen molar-refractivity contribution >= 4 is 28.8 Å². The molecule has 0 N–H and O–H groups in total. The molecule has 0 radical (unpaired) electrons. The highest BCUT2D eigenvalue weighted by molar-refractivity contribution is 7.07. The number of nitrogens with zero attached hydrogens (tertiary/aromatic N) is 2. The van der Waals surface area contributed by atoms with Gasteiger partial charge < -0.3 is 4.90 Å². The summed E-state index contributed by atoms with van der Waals surface area (Å²) in [5, 5.41) is 3.33. The maximum Gasteiger partial charge on any atom is 0.416 e. The summed E-state index contributed by atoms with van der Waals surface area (Å²) in [6.45, 7) is 2.74. The van der Waals surface area contributed by atoms with Crippen LogP contribution in [-0.4, -0.2) is 41.9 Å². The van der Waals surface area contributed by atoms with Crippen LogP contribution >= 0.6 is 22.9 Å². The van der Waals surface area contributed by atoms with Crippen LogP contribution in [0.4, 0.5) is 17.6 Å². The van der Waals surface area contributed by atoms with Crippen LogP contribution in [0.25, 0.3) is 0 Å². The Bertz CT molecular complexity index is 810. The molecule has 1 aromatic heterocycles. The molecule has 0 bridgehead atoms. The van der Waals surface area contributed by atoms with E-state index in [2.05, 4.69) is 4.90 Å². The van der Waals surface area contributed by atoms with Gasteiger partial charge in [-0.25, -0.2) is 4.39 Å². The topological polar surface area (TPSA) is 23.6 Å². The van der Waals surface area contributed by atoms with Gasteiger partial charge in [-0.15, -0.1) is 0 Å². The molecule has 1 aliphatic heterocycles. The second-order valence-corrected chi connectivity index (χ2v) is 7.56. The minimum absolute atomic E-state index is 0.316. The fourth-order valence-electron chi connectivity index (χ4n) is 3.05. The first kappa shape index (κ1) is 20.1. The number of carbonyl (C=O) groups is 1. The van der Waals surface area contributed by atoms with Gasteiger partial charge in [0.15, 0.2) is 5.82 Å². The number of benzene rings is 1. The molecule has 0 saturated carbocycles. The molecule has 3 nitrogen and oxygen atoms in total. The molecule has 27 heavy (non-hydrogen) atoms. The number of thiophene rings is 1. The highest BCUT2D eigenvalue weighted by Gasteiger charge is 2.34. The van der Waals surface area contributed by atoms with Crippen molar-refractivity contribution in [2.75, 3.05) is 26.2 Å². The predicted molar refractivity (Wildman–Crippen MR) is 96.5 cm³/mol. The summed E-state index contributed by atoms with van der Waals surface area (Å²) in [6.07, 6.45) is -4.05. The Morgan fingerprint density at radius 3 is 2.63 bits per heavy atom. The summed E-state index contributed by atoms with van der Waals surface area (Å²) in [5.74, 6) is -1.88. The number of rotatable bonds is 3. The molecule has 2 heterocycles. The van der Waals surface area contributed by atoms with Gasteiger partial charge in [0, 0.05) is 32.7 Å². The highest BCUT2D eigenvalue weighted by Crippen LogP contribution is 2.34. The highest BCUT2D eigenvalue weighted by atomic mass is 35.5. The largest absolute Gasteiger partial charge is 0.416 e. The first-order valence-corrected chi connectivity index (χ1v) is 9.66. The lowest BCUT2D eigenvalue weighted by Crippen LogP contribution is -2.35. The van der Waals surface area contributed by atoms with Crippen molar-refractivity contribution in [2.24, 2.45) is 0 Å². The van der Waals surface area contributed by atoms with E-state index in [1.165, 1.54) is 10.5 Å². The molecule has 1 fully saturated rings. The third-order valence-electron chi connectivity index (χ3n) is 4.45. The lowest BCUT2D eigenvalue weighted by Gasteiger charge is -2.22. The van der Waals surface area contributed by atoms with Crippen LogP contribution in [0.15, 0.2) is 29.0 Å². The van der Waals surface area contributed by atoms with Crippen LogP contribution in [0.2, 0.25) is 5.02 Å². The van der Waals surface area contributed by atoms with E-state index in [1.807, 2.05) is 16.8 Å². The summed E-state index contributed by atoms with van der Waals surface area (Å²) < 4.78 is 53.2. The quantitative estimate of drug-likeness (QED) is 0.659. The molecule has 0 atom stereocenters. The van der Waals surface area contributed by atoms with Crippen LogP contribution in [0.3, 0.4) is 0 Å². The average molecular weight is 421 g/mol. The number of carbonyl (C=O) groups excluding carboxylic acids is 1. The smallest absolute Gasteiger partial charge is 0.337 e. The maximum absolute atomic E-state index is 14.2. The predicted octanol–water partition coefficient (Wildman–Crippen LogP) is 4.91. The number of hydrogen-bond acceptors (Lipinski definition) is 3. The van der Waals surface area contributed by atoms with E-state index < -0.39 is 34.1 Å². The number of alkyl halides is 3. The molecule has 1 aliphatic rings. The van der Waals surface area contributed by atoms with E-state index in [0.717, 1.165) is 13.1 Å². The summed E-state index contributed by atoms with van der Waals surface area (Å²) in [5.41, 5.74) is -0.595. The lowest BCUT2D eigenvalue weighted by molar-refractivity contribution is -0.137. The zero-order valence-corrected chi connectivity index (χ0v) is 15.8. The van der Waals surface area contributed by atoms with Crippen molar-refractivity contribution in [2.45, 2.75) is 19.1 Å². The first-order chi connectivity index (χ1) is 12.8. The standard InChI is InChI=1S/C18H17ClF4N2OS/c19-15-9-13(18(21,22)23)8-14(16(15)20)17(26)25-4-1-3-24(5-6-25)10-12-2-7-27-11-12/h2,7-9,11H,1,3-6,10H2. The number of halogens is 5. The van der Waals surface area contributed by atoms with E-state index in [-0.39, 0.29) is 0 Å². The normalized spacial score (nSPS) is 16.4. The third kappa shape index (κ3) is 4.80. The third-order valence-corrected chi connectivity index (χ3v) is 5.46. The summed E-state index contributed by atoms with van der Waals surface area (Å²) in [6, 6.07) is 3.06. The van der Waals surface area contributed by atoms with Crippen LogP contribution < -0.4 is 0 Å². The Morgan fingerprint density at radius 1 is 1.19 bits per heavy atom. The lowest BCUT2D eigenvalue weighted by atomic mass is 10.1. The molecule has 0 spiro atoms. The Hall–Kier alpha value is -1.64. The minimum Gasteiger partial charge on any atom is -0.337 e. The minimum atomic E-state index is -4.71. The van der Waals surface area contributed by atoms with Crippen LogP contribution in [0, 0.1) is 5.82 Å². The van der Waals surface area contributed by atoms with Gasteiger partial charge in [0.05, 0.1) is 16.1 Å². The number of amides is 1. The zero-order valence-electron chi connectivity index (χ0n) is 14.2. The van der Waals surface area contributed by atoms with Crippen molar-refractivity contribution in [1.29, 1.82) is 0 Å². The molecule has 1 aromatic carbocycles. The van der Waals surface area contributed by atoms with Gasteiger partial charge in [0.1, 0.15) is 0 Å². The monoisotopic (exact) mass is 420 g/mol. The molecule has 9 heteroatoms. The van der Waals surface area contributed by atoms with Crippen molar-refractivity contribution in [3.63, 3.8) is 0 Å². The van der Waals surface area contributed by atoms with Gasteiger partial charge >= 0.3 is 6.18 Å². The second-order valence-electron chi connectivity index (χ2n) is 6.37. The first-order valence-electron chi connectivity index (χ1n) is 8.34. The molecule has 2 aromatic rings. The van der Waals surface area contributed by atoms with Crippen LogP contribution in [0.1, 0.15) is 27.9 Å². The molecule has 1 amide bonds. The SMILES string of the molecule is O=C(c1cc(C(F)(F)F)cc(Cl)c1F)N1CCCN(Cc2ccsc2)CC1. The molecule has 3 rings (SSSR count). The average Bonchev–Trinajstić information content (AvgIpc) is 3.00. The molecule has 0 aliphatic carbocycles. The van der Waals surface area contributed by atoms with E-state index in [4.69, 9.17) is 11.6 Å². The fourth-order valence-corrected chi connectivity index (χ4v) is 3.93. The fraction of sp³-hybridized carbons (Fsp3) is 0.389. The van der Waals surface area contributed by atoms with E-state index >= 15 is 0 Å². The molecule has 146 valence electrons. The van der Waals surface area contributed by atoms with Gasteiger partial charge in [-0.3, -0.25) is 9.69 Å².